The van der Waals surface area contributed by atoms with Crippen molar-refractivity contribution in [1.29, 1.82) is 0 Å². The molecule has 1 atom stereocenters. The molecule has 1 unspecified atom stereocenters. The lowest BCUT2D eigenvalue weighted by Gasteiger charge is -2.15. The Hall–Kier alpha value is -0.250. The second-order valence-electron chi connectivity index (χ2n) is 2.67. The molecule has 68 valence electrons. The van der Waals surface area contributed by atoms with E-state index < -0.39 is 12.6 Å². The Labute approximate surface area is 64.8 Å². The molecule has 0 aliphatic rings. The number of hydrogen-bond donors (Lipinski definition) is 1. The molecule has 0 saturated heterocycles. The van der Waals surface area contributed by atoms with Gasteiger partial charge in [0.05, 0.1) is 0 Å². The maximum Gasteiger partial charge on any atom is 0.389 e. The number of alkyl halides is 3. The lowest BCUT2D eigenvalue weighted by Crippen LogP contribution is -2.17. The van der Waals surface area contributed by atoms with Crippen LogP contribution in [0.25, 0.3) is 0 Å². The second-order valence-corrected chi connectivity index (χ2v) is 2.67. The van der Waals surface area contributed by atoms with E-state index in [-0.39, 0.29) is 5.92 Å². The minimum atomic E-state index is -4.03. The van der Waals surface area contributed by atoms with Crippen molar-refractivity contribution in [2.75, 3.05) is 6.54 Å². The molecule has 0 saturated carbocycles. The summed E-state index contributed by atoms with van der Waals surface area (Å²) >= 11 is 0. The number of rotatable bonds is 4. The molecule has 0 heterocycles. The van der Waals surface area contributed by atoms with Gasteiger partial charge >= 0.3 is 6.18 Å². The van der Waals surface area contributed by atoms with Crippen molar-refractivity contribution in [3.8, 4) is 0 Å². The third-order valence-electron chi connectivity index (χ3n) is 1.67. The molecule has 1 nitrogen and oxygen atoms in total. The third kappa shape index (κ3) is 6.16. The highest BCUT2D eigenvalue weighted by molar-refractivity contribution is 4.62. The molecule has 4 heteroatoms. The summed E-state index contributed by atoms with van der Waals surface area (Å²) in [6, 6.07) is 0. The largest absolute Gasteiger partial charge is 0.389 e. The number of halogens is 3. The highest BCUT2D eigenvalue weighted by Gasteiger charge is 2.30. The van der Waals surface area contributed by atoms with Crippen molar-refractivity contribution in [3.63, 3.8) is 0 Å². The Morgan fingerprint density at radius 3 is 2.18 bits per heavy atom. The SMILES string of the molecule is CCC(CCN)CC(F)(F)F. The van der Waals surface area contributed by atoms with Crippen LogP contribution in [0.1, 0.15) is 26.2 Å². The Bertz CT molecular complexity index is 100. The van der Waals surface area contributed by atoms with Crippen LogP contribution in [0.3, 0.4) is 0 Å². The van der Waals surface area contributed by atoms with Crippen LogP contribution in [0.5, 0.6) is 0 Å². The fourth-order valence-corrected chi connectivity index (χ4v) is 1.01. The lowest BCUT2D eigenvalue weighted by molar-refractivity contribution is -0.144. The van der Waals surface area contributed by atoms with Crippen molar-refractivity contribution in [1.82, 2.24) is 0 Å². The Kier molecular flexibility index (Phi) is 4.49. The van der Waals surface area contributed by atoms with Gasteiger partial charge in [-0.25, -0.2) is 0 Å². The topological polar surface area (TPSA) is 26.0 Å². The quantitative estimate of drug-likeness (QED) is 0.686. The predicted molar refractivity (Wildman–Crippen MR) is 38.1 cm³/mol. The summed E-state index contributed by atoms with van der Waals surface area (Å²) in [4.78, 5) is 0. The summed E-state index contributed by atoms with van der Waals surface area (Å²) in [6.45, 7) is 2.10. The zero-order valence-electron chi connectivity index (χ0n) is 6.62. The molecule has 0 aromatic carbocycles. The molecule has 0 spiro atoms. The summed E-state index contributed by atoms with van der Waals surface area (Å²) in [5.41, 5.74) is 5.16. The first kappa shape index (κ1) is 10.8. The number of nitrogens with two attached hydrogens (primary N) is 1. The Morgan fingerprint density at radius 1 is 1.36 bits per heavy atom. The molecule has 11 heavy (non-hydrogen) atoms. The van der Waals surface area contributed by atoms with Gasteiger partial charge in [0, 0.05) is 6.42 Å². The van der Waals surface area contributed by atoms with E-state index in [1.54, 1.807) is 6.92 Å². The van der Waals surface area contributed by atoms with Gasteiger partial charge < -0.3 is 5.73 Å². The van der Waals surface area contributed by atoms with Crippen LogP contribution >= 0.6 is 0 Å². The summed E-state index contributed by atoms with van der Waals surface area (Å²) in [5, 5.41) is 0. The second kappa shape index (κ2) is 4.59. The van der Waals surface area contributed by atoms with Gasteiger partial charge in [-0.15, -0.1) is 0 Å². The normalized spacial score (nSPS) is 15.0. The average molecular weight is 169 g/mol. The highest BCUT2D eigenvalue weighted by Crippen LogP contribution is 2.27. The smallest absolute Gasteiger partial charge is 0.330 e. The highest BCUT2D eigenvalue weighted by atomic mass is 19.4. The van der Waals surface area contributed by atoms with Gasteiger partial charge in [0.1, 0.15) is 0 Å². The third-order valence-corrected chi connectivity index (χ3v) is 1.67. The standard InChI is InChI=1S/C7H14F3N/c1-2-6(3-4-11)5-7(8,9)10/h6H,2-5,11H2,1H3. The molecule has 2 N–H and O–H groups in total. The molecule has 0 radical (unpaired) electrons. The molecule has 0 rings (SSSR count). The first-order valence-electron chi connectivity index (χ1n) is 3.76. The predicted octanol–water partition coefficient (Wildman–Crippen LogP) is 2.31. The maximum atomic E-state index is 11.8. The number of hydrogen-bond acceptors (Lipinski definition) is 1. The summed E-state index contributed by atoms with van der Waals surface area (Å²) in [5.74, 6) is -0.292. The molecule has 0 aliphatic carbocycles. The maximum absolute atomic E-state index is 11.8. The van der Waals surface area contributed by atoms with Crippen molar-refractivity contribution in [2.24, 2.45) is 11.7 Å². The summed E-state index contributed by atoms with van der Waals surface area (Å²) in [6.07, 6.45) is -3.71. The van der Waals surface area contributed by atoms with Crippen LogP contribution in [0.15, 0.2) is 0 Å². The first-order valence-corrected chi connectivity index (χ1v) is 3.76. The minimum Gasteiger partial charge on any atom is -0.330 e. The van der Waals surface area contributed by atoms with Crippen molar-refractivity contribution in [3.05, 3.63) is 0 Å². The van der Waals surface area contributed by atoms with Crippen LogP contribution in [0, 0.1) is 5.92 Å². The van der Waals surface area contributed by atoms with Crippen molar-refractivity contribution < 1.29 is 13.2 Å². The summed E-state index contributed by atoms with van der Waals surface area (Å²) < 4.78 is 35.3. The van der Waals surface area contributed by atoms with E-state index in [0.29, 0.717) is 19.4 Å². The average Bonchev–Trinajstić information content (AvgIpc) is 1.84. The van der Waals surface area contributed by atoms with Gasteiger partial charge in [-0.3, -0.25) is 0 Å². The minimum absolute atomic E-state index is 0.292. The summed E-state index contributed by atoms with van der Waals surface area (Å²) in [7, 11) is 0. The van der Waals surface area contributed by atoms with E-state index in [9.17, 15) is 13.2 Å². The first-order chi connectivity index (χ1) is 4.99. The van der Waals surface area contributed by atoms with Crippen LogP contribution in [0.2, 0.25) is 0 Å². The van der Waals surface area contributed by atoms with E-state index in [2.05, 4.69) is 0 Å². The lowest BCUT2D eigenvalue weighted by atomic mass is 9.98. The van der Waals surface area contributed by atoms with E-state index in [1.165, 1.54) is 0 Å². The zero-order chi connectivity index (χ0) is 8.91. The molecule has 0 fully saturated rings. The zero-order valence-corrected chi connectivity index (χ0v) is 6.62. The van der Waals surface area contributed by atoms with E-state index in [4.69, 9.17) is 5.73 Å². The molecular formula is C7H14F3N. The molecule has 0 amide bonds. The van der Waals surface area contributed by atoms with Crippen molar-refractivity contribution >= 4 is 0 Å². The van der Waals surface area contributed by atoms with Gasteiger partial charge in [-0.05, 0) is 18.9 Å². The van der Waals surface area contributed by atoms with Gasteiger partial charge in [0.15, 0.2) is 0 Å². The Balaban J connectivity index is 3.68. The fourth-order valence-electron chi connectivity index (χ4n) is 1.01. The molecule has 0 aromatic rings. The van der Waals surface area contributed by atoms with Gasteiger partial charge in [0.2, 0.25) is 0 Å². The molecule has 0 aliphatic heterocycles. The van der Waals surface area contributed by atoms with Crippen LogP contribution in [0.4, 0.5) is 13.2 Å². The fraction of sp³-hybridized carbons (Fsp3) is 1.00. The van der Waals surface area contributed by atoms with Crippen LogP contribution in [-0.2, 0) is 0 Å². The van der Waals surface area contributed by atoms with Gasteiger partial charge in [-0.2, -0.15) is 13.2 Å². The van der Waals surface area contributed by atoms with Crippen LogP contribution in [-0.4, -0.2) is 12.7 Å². The van der Waals surface area contributed by atoms with Crippen molar-refractivity contribution in [2.45, 2.75) is 32.4 Å². The monoisotopic (exact) mass is 169 g/mol. The van der Waals surface area contributed by atoms with Crippen LogP contribution < -0.4 is 5.73 Å². The van der Waals surface area contributed by atoms with Gasteiger partial charge in [0.25, 0.3) is 0 Å². The van der Waals surface area contributed by atoms with Gasteiger partial charge in [-0.1, -0.05) is 13.3 Å². The molecular weight excluding hydrogens is 155 g/mol. The van der Waals surface area contributed by atoms with E-state index in [0.717, 1.165) is 0 Å². The molecule has 0 aromatic heterocycles. The molecule has 0 bridgehead atoms. The Morgan fingerprint density at radius 2 is 1.91 bits per heavy atom. The van der Waals surface area contributed by atoms with E-state index >= 15 is 0 Å². The van der Waals surface area contributed by atoms with E-state index in [1.807, 2.05) is 0 Å².